The highest BCUT2D eigenvalue weighted by Crippen LogP contribution is 2.33. The van der Waals surface area contributed by atoms with Gasteiger partial charge in [-0.2, -0.15) is 0 Å². The van der Waals surface area contributed by atoms with E-state index in [0.717, 1.165) is 23.3 Å². The van der Waals surface area contributed by atoms with Gasteiger partial charge in [0.05, 0.1) is 0 Å². The van der Waals surface area contributed by atoms with Crippen LogP contribution < -0.4 is 4.90 Å². The number of benzene rings is 3. The number of nitrogens with zero attached hydrogens (tertiary/aromatic N) is 1. The van der Waals surface area contributed by atoms with E-state index in [1.807, 2.05) is 88.4 Å². The van der Waals surface area contributed by atoms with E-state index in [-0.39, 0.29) is 0 Å². The van der Waals surface area contributed by atoms with E-state index >= 15 is 0 Å². The molecule has 0 aromatic heterocycles. The first kappa shape index (κ1) is 20.2. The van der Waals surface area contributed by atoms with Gasteiger partial charge in [0.1, 0.15) is 6.29 Å². The molecule has 0 aliphatic carbocycles. The van der Waals surface area contributed by atoms with Crippen LogP contribution >= 0.6 is 0 Å². The monoisotopic (exact) mass is 333 g/mol. The predicted molar refractivity (Wildman–Crippen MR) is 109 cm³/mol. The van der Waals surface area contributed by atoms with E-state index in [0.29, 0.717) is 5.56 Å². The number of para-hydroxylation sites is 2. The standard InChI is InChI=1S/C19H15NO.2C2H6/c21-15-16-11-13-19(14-12-16)20(17-7-3-1-4-8-17)18-9-5-2-6-10-18;2*1-2/h1-15H;2*1-2H3. The maximum absolute atomic E-state index is 10.8. The summed E-state index contributed by atoms with van der Waals surface area (Å²) in [4.78, 5) is 13.0. The number of carbonyl (C=O) groups excluding carboxylic acids is 1. The molecule has 0 saturated heterocycles. The average Bonchev–Trinajstić information content (AvgIpc) is 2.73. The molecule has 0 bridgehead atoms. The molecule has 0 fully saturated rings. The Morgan fingerprint density at radius 3 is 1.28 bits per heavy atom. The van der Waals surface area contributed by atoms with Gasteiger partial charge in [-0.15, -0.1) is 0 Å². The smallest absolute Gasteiger partial charge is 0.150 e. The fourth-order valence-corrected chi connectivity index (χ4v) is 2.30. The normalized spacial score (nSPS) is 8.96. The summed E-state index contributed by atoms with van der Waals surface area (Å²) in [6.07, 6.45) is 0.860. The van der Waals surface area contributed by atoms with Crippen LogP contribution in [0.5, 0.6) is 0 Å². The van der Waals surface area contributed by atoms with E-state index in [4.69, 9.17) is 0 Å². The topological polar surface area (TPSA) is 20.3 Å². The van der Waals surface area contributed by atoms with Crippen molar-refractivity contribution in [1.82, 2.24) is 0 Å². The first-order valence-corrected chi connectivity index (χ1v) is 8.84. The Bertz CT molecular complexity index is 667. The quantitative estimate of drug-likeness (QED) is 0.478. The minimum absolute atomic E-state index is 0.680. The maximum atomic E-state index is 10.8. The number of hydrogen-bond donors (Lipinski definition) is 0. The van der Waals surface area contributed by atoms with Crippen LogP contribution in [-0.2, 0) is 0 Å². The lowest BCUT2D eigenvalue weighted by atomic mass is 10.1. The zero-order valence-corrected chi connectivity index (χ0v) is 15.5. The third-order valence-electron chi connectivity index (χ3n) is 3.32. The number of hydrogen-bond acceptors (Lipinski definition) is 2. The summed E-state index contributed by atoms with van der Waals surface area (Å²) in [5, 5.41) is 0. The van der Waals surface area contributed by atoms with Crippen molar-refractivity contribution >= 4 is 23.3 Å². The van der Waals surface area contributed by atoms with Crippen LogP contribution in [0.25, 0.3) is 0 Å². The molecule has 3 aromatic rings. The van der Waals surface area contributed by atoms with Gasteiger partial charge in [0.2, 0.25) is 0 Å². The lowest BCUT2D eigenvalue weighted by Gasteiger charge is -2.25. The molecule has 0 amide bonds. The van der Waals surface area contributed by atoms with Crippen LogP contribution in [-0.4, -0.2) is 6.29 Å². The van der Waals surface area contributed by atoms with Crippen LogP contribution in [0.4, 0.5) is 17.1 Å². The van der Waals surface area contributed by atoms with Crippen molar-refractivity contribution in [2.24, 2.45) is 0 Å². The first-order valence-electron chi connectivity index (χ1n) is 8.84. The third kappa shape index (κ3) is 5.61. The van der Waals surface area contributed by atoms with Crippen molar-refractivity contribution < 1.29 is 4.79 Å². The second kappa shape index (κ2) is 11.6. The van der Waals surface area contributed by atoms with E-state index < -0.39 is 0 Å². The molecule has 130 valence electrons. The molecular formula is C23H27NO. The Balaban J connectivity index is 0.000000730. The number of aldehydes is 1. The summed E-state index contributed by atoms with van der Waals surface area (Å²) in [5.74, 6) is 0. The molecule has 0 unspecified atom stereocenters. The highest BCUT2D eigenvalue weighted by atomic mass is 16.1. The van der Waals surface area contributed by atoms with Gasteiger partial charge in [0, 0.05) is 22.6 Å². The van der Waals surface area contributed by atoms with Crippen molar-refractivity contribution in [2.45, 2.75) is 27.7 Å². The zero-order chi connectivity index (χ0) is 18.5. The second-order valence-corrected chi connectivity index (χ2v) is 4.72. The average molecular weight is 333 g/mol. The van der Waals surface area contributed by atoms with Gasteiger partial charge in [0.15, 0.2) is 0 Å². The first-order chi connectivity index (χ1) is 12.4. The zero-order valence-electron chi connectivity index (χ0n) is 15.5. The molecule has 0 N–H and O–H groups in total. The second-order valence-electron chi connectivity index (χ2n) is 4.72. The Kier molecular flexibility index (Phi) is 9.39. The highest BCUT2D eigenvalue weighted by molar-refractivity contribution is 5.80. The summed E-state index contributed by atoms with van der Waals surface area (Å²) in [7, 11) is 0. The SMILES string of the molecule is CC.CC.O=Cc1ccc(N(c2ccccc2)c2ccccc2)cc1. The lowest BCUT2D eigenvalue weighted by molar-refractivity contribution is 0.112. The molecule has 0 atom stereocenters. The summed E-state index contributed by atoms with van der Waals surface area (Å²) >= 11 is 0. The predicted octanol–water partition coefficient (Wildman–Crippen LogP) is 7.02. The minimum atomic E-state index is 0.680. The Labute approximate surface area is 151 Å². The number of rotatable bonds is 4. The van der Waals surface area contributed by atoms with Crippen molar-refractivity contribution in [3.63, 3.8) is 0 Å². The molecule has 0 aliphatic rings. The maximum Gasteiger partial charge on any atom is 0.150 e. The largest absolute Gasteiger partial charge is 0.311 e. The van der Waals surface area contributed by atoms with Gasteiger partial charge in [-0.05, 0) is 48.5 Å². The molecule has 0 radical (unpaired) electrons. The highest BCUT2D eigenvalue weighted by Gasteiger charge is 2.11. The summed E-state index contributed by atoms with van der Waals surface area (Å²) in [5.41, 5.74) is 3.88. The lowest BCUT2D eigenvalue weighted by Crippen LogP contribution is -2.09. The minimum Gasteiger partial charge on any atom is -0.311 e. The summed E-state index contributed by atoms with van der Waals surface area (Å²) in [6.45, 7) is 8.00. The van der Waals surface area contributed by atoms with Gasteiger partial charge in [-0.25, -0.2) is 0 Å². The van der Waals surface area contributed by atoms with E-state index in [1.165, 1.54) is 0 Å². The molecule has 25 heavy (non-hydrogen) atoms. The molecular weight excluding hydrogens is 306 g/mol. The van der Waals surface area contributed by atoms with Gasteiger partial charge in [-0.1, -0.05) is 64.1 Å². The van der Waals surface area contributed by atoms with Crippen LogP contribution in [0.2, 0.25) is 0 Å². The molecule has 3 aromatic carbocycles. The van der Waals surface area contributed by atoms with Crippen LogP contribution in [0, 0.1) is 0 Å². The number of carbonyl (C=O) groups is 1. The Morgan fingerprint density at radius 1 is 0.560 bits per heavy atom. The molecule has 0 saturated carbocycles. The van der Waals surface area contributed by atoms with Crippen molar-refractivity contribution in [2.75, 3.05) is 4.90 Å². The van der Waals surface area contributed by atoms with E-state index in [9.17, 15) is 4.79 Å². The fourth-order valence-electron chi connectivity index (χ4n) is 2.30. The molecule has 0 spiro atoms. The van der Waals surface area contributed by atoms with Crippen LogP contribution in [0.15, 0.2) is 84.9 Å². The van der Waals surface area contributed by atoms with Gasteiger partial charge in [-0.3, -0.25) is 4.79 Å². The fraction of sp³-hybridized carbons (Fsp3) is 0.174. The van der Waals surface area contributed by atoms with Gasteiger partial charge < -0.3 is 4.90 Å². The molecule has 2 heteroatoms. The molecule has 0 aliphatic heterocycles. The van der Waals surface area contributed by atoms with E-state index in [2.05, 4.69) is 29.2 Å². The van der Waals surface area contributed by atoms with Crippen LogP contribution in [0.3, 0.4) is 0 Å². The molecule has 2 nitrogen and oxygen atoms in total. The third-order valence-corrected chi connectivity index (χ3v) is 3.32. The van der Waals surface area contributed by atoms with Crippen molar-refractivity contribution in [3.05, 3.63) is 90.5 Å². The Hall–Kier alpha value is -2.87. The van der Waals surface area contributed by atoms with Crippen LogP contribution in [0.1, 0.15) is 38.1 Å². The van der Waals surface area contributed by atoms with E-state index in [1.54, 1.807) is 0 Å². The van der Waals surface area contributed by atoms with Gasteiger partial charge >= 0.3 is 0 Å². The molecule has 0 heterocycles. The molecule has 3 rings (SSSR count). The summed E-state index contributed by atoms with van der Waals surface area (Å²) in [6, 6.07) is 28.0. The number of anilines is 3. The van der Waals surface area contributed by atoms with Crippen molar-refractivity contribution in [3.8, 4) is 0 Å². The Morgan fingerprint density at radius 2 is 0.920 bits per heavy atom. The summed E-state index contributed by atoms with van der Waals surface area (Å²) < 4.78 is 0. The van der Waals surface area contributed by atoms with Gasteiger partial charge in [0.25, 0.3) is 0 Å². The van der Waals surface area contributed by atoms with Crippen molar-refractivity contribution in [1.29, 1.82) is 0 Å².